The molecule has 0 heterocycles. The Balaban J connectivity index is 2.03. The van der Waals surface area contributed by atoms with E-state index in [2.05, 4.69) is 6.08 Å². The van der Waals surface area contributed by atoms with Gasteiger partial charge in [-0.15, -0.1) is 0 Å². The zero-order valence-electron chi connectivity index (χ0n) is 5.64. The van der Waals surface area contributed by atoms with Crippen LogP contribution in [0, 0.1) is 17.8 Å². The molecular weight excluding hydrogens is 108 g/mol. The van der Waals surface area contributed by atoms with Crippen molar-refractivity contribution in [1.82, 2.24) is 0 Å². The maximum atomic E-state index is 2.51. The highest BCUT2D eigenvalue weighted by atomic mass is 14.5. The normalized spacial score (nSPS) is 52.4. The lowest BCUT2D eigenvalue weighted by Crippen LogP contribution is -2.38. The van der Waals surface area contributed by atoms with E-state index in [0.29, 0.717) is 0 Å². The molecule has 0 N–H and O–H groups in total. The number of rotatable bonds is 0. The van der Waals surface area contributed by atoms with Gasteiger partial charge in [0, 0.05) is 0 Å². The van der Waals surface area contributed by atoms with Gasteiger partial charge in [0.1, 0.15) is 0 Å². The average Bonchev–Trinajstić information content (AvgIpc) is 2.48. The van der Waals surface area contributed by atoms with Gasteiger partial charge in [0.25, 0.3) is 0 Å². The Hall–Kier alpha value is -0.260. The van der Waals surface area contributed by atoms with E-state index in [-0.39, 0.29) is 0 Å². The largest absolute Gasteiger partial charge is 0.0844 e. The number of allylic oxidation sites excluding steroid dienone is 2. The molecule has 0 aromatic heterocycles. The fourth-order valence-electron chi connectivity index (χ4n) is 3.15. The summed E-state index contributed by atoms with van der Waals surface area (Å²) in [5.74, 6) is 3.31. The van der Waals surface area contributed by atoms with Gasteiger partial charge in [-0.1, -0.05) is 18.1 Å². The monoisotopic (exact) mass is 120 g/mol. The molecule has 9 heavy (non-hydrogen) atoms. The average molecular weight is 120 g/mol. The lowest BCUT2D eigenvalue weighted by molar-refractivity contribution is 0.129. The van der Waals surface area contributed by atoms with Crippen molar-refractivity contribution in [2.75, 3.05) is 0 Å². The first-order chi connectivity index (χ1) is 4.47. The molecule has 4 bridgehead atoms. The predicted octanol–water partition coefficient (Wildman–Crippen LogP) is 2.36. The van der Waals surface area contributed by atoms with Crippen LogP contribution in [0.25, 0.3) is 0 Å². The second-order valence-corrected chi connectivity index (χ2v) is 3.75. The van der Waals surface area contributed by atoms with Crippen molar-refractivity contribution in [3.8, 4) is 0 Å². The SMILES string of the molecule is C1=C2C3CCCC2C3C1. The summed E-state index contributed by atoms with van der Waals surface area (Å²) in [4.78, 5) is 0. The molecule has 0 nitrogen and oxygen atoms in total. The Morgan fingerprint density at radius 1 is 1.22 bits per heavy atom. The Labute approximate surface area is 56.0 Å². The summed E-state index contributed by atoms with van der Waals surface area (Å²) in [5.41, 5.74) is 1.85. The Morgan fingerprint density at radius 2 is 2.00 bits per heavy atom. The Bertz CT molecular complexity index is 164. The highest BCUT2D eigenvalue weighted by molar-refractivity contribution is 5.32. The molecule has 0 saturated heterocycles. The summed E-state index contributed by atoms with van der Waals surface area (Å²) in [7, 11) is 0. The third-order valence-corrected chi connectivity index (χ3v) is 3.55. The van der Waals surface area contributed by atoms with Crippen LogP contribution in [0.2, 0.25) is 0 Å². The van der Waals surface area contributed by atoms with E-state index in [1.807, 2.05) is 5.57 Å². The van der Waals surface area contributed by atoms with Crippen molar-refractivity contribution in [3.63, 3.8) is 0 Å². The molecule has 2 saturated carbocycles. The molecule has 2 atom stereocenters. The van der Waals surface area contributed by atoms with Gasteiger partial charge in [-0.05, 0) is 37.0 Å². The minimum absolute atomic E-state index is 1.09. The maximum absolute atomic E-state index is 2.51. The number of hydrogen-bond donors (Lipinski definition) is 0. The topological polar surface area (TPSA) is 0 Å². The Morgan fingerprint density at radius 3 is 2.44 bits per heavy atom. The third-order valence-electron chi connectivity index (χ3n) is 3.55. The van der Waals surface area contributed by atoms with Crippen LogP contribution in [0.5, 0.6) is 0 Å². The van der Waals surface area contributed by atoms with Gasteiger partial charge in [0.2, 0.25) is 0 Å². The molecule has 0 amide bonds. The lowest BCUT2D eigenvalue weighted by Gasteiger charge is -2.47. The lowest BCUT2D eigenvalue weighted by atomic mass is 9.58. The van der Waals surface area contributed by atoms with E-state index in [1.54, 1.807) is 0 Å². The minimum atomic E-state index is 1.09. The van der Waals surface area contributed by atoms with E-state index >= 15 is 0 Å². The molecular formula is C9H12. The zero-order valence-corrected chi connectivity index (χ0v) is 5.64. The molecule has 0 heteroatoms. The molecule has 2 fully saturated rings. The van der Waals surface area contributed by atoms with Crippen molar-refractivity contribution in [3.05, 3.63) is 11.6 Å². The zero-order chi connectivity index (χ0) is 5.84. The van der Waals surface area contributed by atoms with Crippen LogP contribution in [0.1, 0.15) is 25.7 Å². The van der Waals surface area contributed by atoms with Crippen LogP contribution >= 0.6 is 0 Å². The highest BCUT2D eigenvalue weighted by Crippen LogP contribution is 2.60. The van der Waals surface area contributed by atoms with E-state index < -0.39 is 0 Å². The number of hydrogen-bond acceptors (Lipinski definition) is 0. The van der Waals surface area contributed by atoms with Crippen LogP contribution in [0.15, 0.2) is 11.6 Å². The van der Waals surface area contributed by atoms with E-state index in [0.717, 1.165) is 17.8 Å². The summed E-state index contributed by atoms with van der Waals surface area (Å²) < 4.78 is 0. The van der Waals surface area contributed by atoms with E-state index in [9.17, 15) is 0 Å². The first kappa shape index (κ1) is 4.54. The van der Waals surface area contributed by atoms with E-state index in [4.69, 9.17) is 0 Å². The molecule has 4 rings (SSSR count). The van der Waals surface area contributed by atoms with Gasteiger partial charge >= 0.3 is 0 Å². The highest BCUT2D eigenvalue weighted by Gasteiger charge is 2.50. The van der Waals surface area contributed by atoms with Gasteiger partial charge < -0.3 is 0 Å². The first-order valence-electron chi connectivity index (χ1n) is 4.17. The fourth-order valence-corrected chi connectivity index (χ4v) is 3.15. The number of fused-ring (bicyclic) bond motifs is 1. The van der Waals surface area contributed by atoms with Crippen LogP contribution < -0.4 is 0 Å². The molecule has 48 valence electrons. The fraction of sp³-hybridized carbons (Fsp3) is 0.778. The van der Waals surface area contributed by atoms with Crippen molar-refractivity contribution < 1.29 is 0 Å². The van der Waals surface area contributed by atoms with Gasteiger partial charge in [-0.3, -0.25) is 0 Å². The molecule has 4 aliphatic carbocycles. The van der Waals surface area contributed by atoms with Crippen molar-refractivity contribution >= 4 is 0 Å². The molecule has 0 aromatic carbocycles. The van der Waals surface area contributed by atoms with Crippen LogP contribution in [-0.2, 0) is 0 Å². The summed E-state index contributed by atoms with van der Waals surface area (Å²) in [5, 5.41) is 0. The molecule has 0 aromatic rings. The van der Waals surface area contributed by atoms with Gasteiger partial charge in [0.05, 0.1) is 0 Å². The summed E-state index contributed by atoms with van der Waals surface area (Å²) in [6.45, 7) is 0. The molecule has 2 unspecified atom stereocenters. The van der Waals surface area contributed by atoms with Gasteiger partial charge in [-0.25, -0.2) is 0 Å². The third kappa shape index (κ3) is 0.357. The summed E-state index contributed by atoms with van der Waals surface area (Å²) in [6, 6.07) is 0. The summed E-state index contributed by atoms with van der Waals surface area (Å²) >= 11 is 0. The Kier molecular flexibility index (Phi) is 0.633. The minimum Gasteiger partial charge on any atom is -0.0844 e. The van der Waals surface area contributed by atoms with Crippen LogP contribution in [0.3, 0.4) is 0 Å². The molecule has 0 radical (unpaired) electrons. The quantitative estimate of drug-likeness (QED) is 0.430. The molecule has 4 aliphatic rings. The van der Waals surface area contributed by atoms with Crippen LogP contribution in [-0.4, -0.2) is 0 Å². The van der Waals surface area contributed by atoms with Gasteiger partial charge in [-0.2, -0.15) is 0 Å². The molecule has 0 aliphatic heterocycles. The summed E-state index contributed by atoms with van der Waals surface area (Å²) in [6.07, 6.45) is 8.51. The predicted molar refractivity (Wildman–Crippen MR) is 37.0 cm³/mol. The maximum Gasteiger partial charge on any atom is -0.0163 e. The van der Waals surface area contributed by atoms with Crippen molar-refractivity contribution in [2.45, 2.75) is 25.7 Å². The standard InChI is InChI=1S/C9H12/c1-2-6-8-4-5-9(6)7(8)3-1/h4,6-7,9H,1-3,5H2. The second kappa shape index (κ2) is 1.25. The van der Waals surface area contributed by atoms with Crippen LogP contribution in [0.4, 0.5) is 0 Å². The van der Waals surface area contributed by atoms with Crippen molar-refractivity contribution in [1.29, 1.82) is 0 Å². The first-order valence-corrected chi connectivity index (χ1v) is 4.17. The van der Waals surface area contributed by atoms with Crippen molar-refractivity contribution in [2.24, 2.45) is 17.8 Å². The second-order valence-electron chi connectivity index (χ2n) is 3.75. The van der Waals surface area contributed by atoms with Gasteiger partial charge in [0.15, 0.2) is 0 Å². The van der Waals surface area contributed by atoms with E-state index in [1.165, 1.54) is 25.7 Å². The smallest absolute Gasteiger partial charge is 0.0163 e. The molecule has 0 spiro atoms.